The van der Waals surface area contributed by atoms with E-state index in [0.717, 1.165) is 30.6 Å². The van der Waals surface area contributed by atoms with Gasteiger partial charge in [-0.2, -0.15) is 0 Å². The summed E-state index contributed by atoms with van der Waals surface area (Å²) >= 11 is 6.31. The van der Waals surface area contributed by atoms with Gasteiger partial charge in [0, 0.05) is 35.9 Å². The lowest BCUT2D eigenvalue weighted by molar-refractivity contribution is 0.673. The highest BCUT2D eigenvalue weighted by Gasteiger charge is 2.27. The van der Waals surface area contributed by atoms with Gasteiger partial charge in [-0.3, -0.25) is 0 Å². The normalized spacial score (nSPS) is 15.0. The Morgan fingerprint density at radius 2 is 2.18 bits per heavy atom. The summed E-state index contributed by atoms with van der Waals surface area (Å²) in [6, 6.07) is 6.92. The molecule has 0 radical (unpaired) electrons. The van der Waals surface area contributed by atoms with Crippen molar-refractivity contribution in [2.24, 2.45) is 0 Å². The molecule has 3 heteroatoms. The highest BCUT2D eigenvalue weighted by molar-refractivity contribution is 6.31. The lowest BCUT2D eigenvalue weighted by atomic mass is 10.1. The lowest BCUT2D eigenvalue weighted by Crippen LogP contribution is -2.23. The summed E-state index contributed by atoms with van der Waals surface area (Å²) in [4.78, 5) is 2.37. The van der Waals surface area contributed by atoms with Crippen LogP contribution < -0.4 is 10.2 Å². The zero-order valence-corrected chi connectivity index (χ0v) is 11.4. The van der Waals surface area contributed by atoms with Crippen molar-refractivity contribution in [3.63, 3.8) is 0 Å². The van der Waals surface area contributed by atoms with Crippen LogP contribution in [0.4, 0.5) is 5.69 Å². The predicted molar refractivity (Wildman–Crippen MR) is 74.9 cm³/mol. The first-order valence-corrected chi connectivity index (χ1v) is 6.82. The minimum atomic E-state index is 0.721. The Kier molecular flexibility index (Phi) is 4.30. The van der Waals surface area contributed by atoms with Crippen LogP contribution in [0.2, 0.25) is 5.02 Å². The van der Waals surface area contributed by atoms with E-state index in [1.807, 2.05) is 12.1 Å². The quantitative estimate of drug-likeness (QED) is 0.781. The number of nitrogens with zero attached hydrogens (tertiary/aromatic N) is 1. The first-order valence-electron chi connectivity index (χ1n) is 6.45. The maximum atomic E-state index is 6.31. The van der Waals surface area contributed by atoms with Crippen LogP contribution in [0.1, 0.15) is 31.7 Å². The van der Waals surface area contributed by atoms with Crippen LogP contribution in [0.15, 0.2) is 18.2 Å². The molecule has 0 atom stereocenters. The molecule has 1 aromatic carbocycles. The average molecular weight is 253 g/mol. The summed E-state index contributed by atoms with van der Waals surface area (Å²) in [7, 11) is 2.17. The molecule has 1 fully saturated rings. The van der Waals surface area contributed by atoms with Gasteiger partial charge < -0.3 is 10.2 Å². The van der Waals surface area contributed by atoms with Gasteiger partial charge in [-0.05, 0) is 37.9 Å². The van der Waals surface area contributed by atoms with Crippen molar-refractivity contribution >= 4 is 17.3 Å². The first kappa shape index (κ1) is 12.7. The Balaban J connectivity index is 2.14. The second-order valence-electron chi connectivity index (χ2n) is 4.76. The van der Waals surface area contributed by atoms with Gasteiger partial charge in [-0.1, -0.05) is 24.6 Å². The molecule has 0 aliphatic heterocycles. The number of hydrogen-bond acceptors (Lipinski definition) is 2. The molecule has 17 heavy (non-hydrogen) atoms. The molecule has 0 amide bonds. The topological polar surface area (TPSA) is 15.3 Å². The molecule has 1 saturated carbocycles. The first-order chi connectivity index (χ1) is 8.24. The summed E-state index contributed by atoms with van der Waals surface area (Å²) in [5.74, 6) is 0. The third-order valence-corrected chi connectivity index (χ3v) is 3.65. The van der Waals surface area contributed by atoms with Crippen molar-refractivity contribution in [3.8, 4) is 0 Å². The van der Waals surface area contributed by atoms with E-state index in [-0.39, 0.29) is 0 Å². The highest BCUT2D eigenvalue weighted by Crippen LogP contribution is 2.34. The second-order valence-corrected chi connectivity index (χ2v) is 5.16. The number of nitrogens with one attached hydrogen (secondary N) is 1. The fourth-order valence-corrected chi connectivity index (χ4v) is 2.34. The molecule has 2 nitrogen and oxygen atoms in total. The maximum absolute atomic E-state index is 6.31. The molecule has 0 heterocycles. The average Bonchev–Trinajstić information content (AvgIpc) is 3.14. The van der Waals surface area contributed by atoms with Gasteiger partial charge in [0.1, 0.15) is 0 Å². The van der Waals surface area contributed by atoms with E-state index in [9.17, 15) is 0 Å². The zero-order chi connectivity index (χ0) is 12.3. The molecule has 0 bridgehead atoms. The maximum Gasteiger partial charge on any atom is 0.0471 e. The van der Waals surface area contributed by atoms with Gasteiger partial charge in [-0.25, -0.2) is 0 Å². The highest BCUT2D eigenvalue weighted by atomic mass is 35.5. The summed E-state index contributed by atoms with van der Waals surface area (Å²) in [5.41, 5.74) is 2.51. The molecule has 94 valence electrons. The predicted octanol–water partition coefficient (Wildman–Crippen LogP) is 3.44. The standard InChI is InChI=1S/C14H21ClN2/c1-3-9-16-10-12-13(15)5-4-6-14(12)17(2)11-7-8-11/h4-6,11,16H,3,7-10H2,1-2H3. The van der Waals surface area contributed by atoms with Crippen LogP contribution in [0.25, 0.3) is 0 Å². The molecular formula is C14H21ClN2. The van der Waals surface area contributed by atoms with Crippen molar-refractivity contribution in [1.29, 1.82) is 0 Å². The van der Waals surface area contributed by atoms with Crippen molar-refractivity contribution in [3.05, 3.63) is 28.8 Å². The Morgan fingerprint density at radius 3 is 2.82 bits per heavy atom. The number of rotatable bonds is 6. The van der Waals surface area contributed by atoms with Crippen LogP contribution in [-0.4, -0.2) is 19.6 Å². The molecule has 1 aliphatic carbocycles. The van der Waals surface area contributed by atoms with Crippen molar-refractivity contribution in [2.45, 2.75) is 38.8 Å². The zero-order valence-electron chi connectivity index (χ0n) is 10.7. The molecule has 1 aromatic rings. The minimum absolute atomic E-state index is 0.721. The van der Waals surface area contributed by atoms with Gasteiger partial charge in [0.25, 0.3) is 0 Å². The van der Waals surface area contributed by atoms with E-state index in [1.165, 1.54) is 24.1 Å². The Labute approximate surface area is 109 Å². The van der Waals surface area contributed by atoms with Crippen molar-refractivity contribution in [2.75, 3.05) is 18.5 Å². The molecule has 0 saturated heterocycles. The lowest BCUT2D eigenvalue weighted by Gasteiger charge is -2.23. The van der Waals surface area contributed by atoms with E-state index in [0.29, 0.717) is 0 Å². The SMILES string of the molecule is CCCNCc1c(Cl)cccc1N(C)C1CC1. The van der Waals surface area contributed by atoms with Crippen molar-refractivity contribution in [1.82, 2.24) is 5.32 Å². The van der Waals surface area contributed by atoms with Crippen LogP contribution in [0.5, 0.6) is 0 Å². The monoisotopic (exact) mass is 252 g/mol. The van der Waals surface area contributed by atoms with Gasteiger partial charge >= 0.3 is 0 Å². The van der Waals surface area contributed by atoms with Crippen LogP contribution in [0, 0.1) is 0 Å². The van der Waals surface area contributed by atoms with Gasteiger partial charge in [-0.15, -0.1) is 0 Å². The fraction of sp³-hybridized carbons (Fsp3) is 0.571. The molecule has 0 unspecified atom stereocenters. The van der Waals surface area contributed by atoms with Gasteiger partial charge in [0.05, 0.1) is 0 Å². The number of anilines is 1. The Bertz CT molecular complexity index is 374. The Hall–Kier alpha value is -0.730. The summed E-state index contributed by atoms with van der Waals surface area (Å²) < 4.78 is 0. The third-order valence-electron chi connectivity index (χ3n) is 3.30. The molecule has 1 N–H and O–H groups in total. The van der Waals surface area contributed by atoms with Gasteiger partial charge in [0.2, 0.25) is 0 Å². The van der Waals surface area contributed by atoms with E-state index in [1.54, 1.807) is 0 Å². The van der Waals surface area contributed by atoms with Crippen LogP contribution in [-0.2, 0) is 6.54 Å². The molecule has 0 spiro atoms. The van der Waals surface area contributed by atoms with Gasteiger partial charge in [0.15, 0.2) is 0 Å². The van der Waals surface area contributed by atoms with Crippen LogP contribution >= 0.6 is 11.6 Å². The minimum Gasteiger partial charge on any atom is -0.371 e. The summed E-state index contributed by atoms with van der Waals surface area (Å²) in [5, 5.41) is 4.31. The molecule has 0 aromatic heterocycles. The molecular weight excluding hydrogens is 232 g/mol. The fourth-order valence-electron chi connectivity index (χ4n) is 2.10. The van der Waals surface area contributed by atoms with E-state index >= 15 is 0 Å². The summed E-state index contributed by atoms with van der Waals surface area (Å²) in [6.45, 7) is 4.08. The van der Waals surface area contributed by atoms with Crippen molar-refractivity contribution < 1.29 is 0 Å². The number of benzene rings is 1. The Morgan fingerprint density at radius 1 is 1.41 bits per heavy atom. The molecule has 2 rings (SSSR count). The number of halogens is 1. The largest absolute Gasteiger partial charge is 0.371 e. The van der Waals surface area contributed by atoms with E-state index < -0.39 is 0 Å². The smallest absolute Gasteiger partial charge is 0.0471 e. The molecule has 1 aliphatic rings. The van der Waals surface area contributed by atoms with E-state index in [2.05, 4.69) is 30.3 Å². The third kappa shape index (κ3) is 3.14. The summed E-state index contributed by atoms with van der Waals surface area (Å²) in [6.07, 6.45) is 3.77. The number of hydrogen-bond donors (Lipinski definition) is 1. The van der Waals surface area contributed by atoms with E-state index in [4.69, 9.17) is 11.6 Å². The second kappa shape index (κ2) is 5.74. The van der Waals surface area contributed by atoms with Crippen LogP contribution in [0.3, 0.4) is 0 Å².